The SMILES string of the molecule is Cc1nc2cc(Cl)c(-c3ccc(C(=O)Nc4ccccc4F)s3)cc2o1. The van der Waals surface area contributed by atoms with Crippen LogP contribution in [-0.4, -0.2) is 10.9 Å². The molecule has 4 nitrogen and oxygen atoms in total. The third-order valence-electron chi connectivity index (χ3n) is 3.80. The summed E-state index contributed by atoms with van der Waals surface area (Å²) >= 11 is 7.63. The lowest BCUT2D eigenvalue weighted by Crippen LogP contribution is -2.11. The Morgan fingerprint density at radius 1 is 1.23 bits per heavy atom. The van der Waals surface area contributed by atoms with Crippen LogP contribution in [0.4, 0.5) is 10.1 Å². The number of nitrogens with one attached hydrogen (secondary N) is 1. The molecule has 1 amide bonds. The first-order valence-corrected chi connectivity index (χ1v) is 8.93. The highest BCUT2D eigenvalue weighted by atomic mass is 35.5. The van der Waals surface area contributed by atoms with Gasteiger partial charge in [-0.15, -0.1) is 11.3 Å². The van der Waals surface area contributed by atoms with Gasteiger partial charge >= 0.3 is 0 Å². The summed E-state index contributed by atoms with van der Waals surface area (Å²) in [6, 6.07) is 13.1. The van der Waals surface area contributed by atoms with Crippen molar-refractivity contribution >= 4 is 45.6 Å². The lowest BCUT2D eigenvalue weighted by atomic mass is 10.1. The number of carbonyl (C=O) groups excluding carboxylic acids is 1. The van der Waals surface area contributed by atoms with Gasteiger partial charge in [-0.1, -0.05) is 23.7 Å². The van der Waals surface area contributed by atoms with Gasteiger partial charge in [-0.05, 0) is 36.4 Å². The van der Waals surface area contributed by atoms with Crippen molar-refractivity contribution in [1.29, 1.82) is 0 Å². The summed E-state index contributed by atoms with van der Waals surface area (Å²) in [6.07, 6.45) is 0. The molecule has 4 aromatic rings. The number of fused-ring (bicyclic) bond motifs is 1. The van der Waals surface area contributed by atoms with Crippen molar-refractivity contribution in [1.82, 2.24) is 4.98 Å². The van der Waals surface area contributed by atoms with Gasteiger partial charge in [0.2, 0.25) is 0 Å². The second-order valence-corrected chi connectivity index (χ2v) is 7.12. The maximum Gasteiger partial charge on any atom is 0.265 e. The van der Waals surface area contributed by atoms with Crippen LogP contribution in [0.3, 0.4) is 0 Å². The molecule has 7 heteroatoms. The number of nitrogens with zero attached hydrogens (tertiary/aromatic N) is 1. The topological polar surface area (TPSA) is 55.1 Å². The molecule has 2 aromatic carbocycles. The quantitative estimate of drug-likeness (QED) is 0.476. The normalized spacial score (nSPS) is 11.0. The molecule has 4 rings (SSSR count). The standard InChI is InChI=1S/C19H12ClFN2O2S/c1-10-22-15-9-12(20)11(8-16(15)25-10)17-6-7-18(26-17)19(24)23-14-5-3-2-4-13(14)21/h2-9H,1H3,(H,23,24). The highest BCUT2D eigenvalue weighted by Crippen LogP contribution is 2.36. The van der Waals surface area contributed by atoms with E-state index in [-0.39, 0.29) is 11.6 Å². The second kappa shape index (κ2) is 6.55. The van der Waals surface area contributed by atoms with Crippen molar-refractivity contribution in [2.24, 2.45) is 0 Å². The highest BCUT2D eigenvalue weighted by molar-refractivity contribution is 7.17. The van der Waals surface area contributed by atoms with E-state index < -0.39 is 5.82 Å². The predicted molar refractivity (Wildman–Crippen MR) is 101 cm³/mol. The number of thiophene rings is 1. The van der Waals surface area contributed by atoms with Crippen LogP contribution in [0.25, 0.3) is 21.5 Å². The van der Waals surface area contributed by atoms with Gasteiger partial charge in [-0.3, -0.25) is 4.79 Å². The van der Waals surface area contributed by atoms with Crippen LogP contribution < -0.4 is 5.32 Å². The Morgan fingerprint density at radius 3 is 2.85 bits per heavy atom. The van der Waals surface area contributed by atoms with Gasteiger partial charge in [0, 0.05) is 17.4 Å². The Balaban J connectivity index is 1.64. The van der Waals surface area contributed by atoms with Crippen LogP contribution in [-0.2, 0) is 0 Å². The van der Waals surface area contributed by atoms with E-state index in [0.717, 1.165) is 10.4 Å². The van der Waals surface area contributed by atoms with Gasteiger partial charge < -0.3 is 9.73 Å². The minimum Gasteiger partial charge on any atom is -0.441 e. The molecule has 130 valence electrons. The van der Waals surface area contributed by atoms with E-state index in [1.165, 1.54) is 23.5 Å². The summed E-state index contributed by atoms with van der Waals surface area (Å²) in [6.45, 7) is 1.77. The van der Waals surface area contributed by atoms with E-state index in [1.54, 1.807) is 37.3 Å². The minimum atomic E-state index is -0.480. The largest absolute Gasteiger partial charge is 0.441 e. The molecular weight excluding hydrogens is 375 g/mol. The molecule has 0 aliphatic carbocycles. The van der Waals surface area contributed by atoms with E-state index in [1.807, 2.05) is 6.07 Å². The van der Waals surface area contributed by atoms with Gasteiger partial charge in [-0.25, -0.2) is 9.37 Å². The molecule has 0 atom stereocenters. The number of hydrogen-bond donors (Lipinski definition) is 1. The van der Waals surface area contributed by atoms with E-state index in [9.17, 15) is 9.18 Å². The van der Waals surface area contributed by atoms with E-state index in [2.05, 4.69) is 10.3 Å². The number of carbonyl (C=O) groups is 1. The maximum atomic E-state index is 13.7. The Kier molecular flexibility index (Phi) is 4.22. The van der Waals surface area contributed by atoms with Crippen LogP contribution in [0.1, 0.15) is 15.6 Å². The number of rotatable bonds is 3. The molecule has 0 aliphatic rings. The van der Waals surface area contributed by atoms with Gasteiger partial charge in [0.1, 0.15) is 11.3 Å². The molecule has 0 saturated carbocycles. The third kappa shape index (κ3) is 3.09. The number of hydrogen-bond acceptors (Lipinski definition) is 4. The van der Waals surface area contributed by atoms with Crippen LogP contribution in [0.15, 0.2) is 52.9 Å². The first kappa shape index (κ1) is 16.8. The fraction of sp³-hybridized carbons (Fsp3) is 0.0526. The highest BCUT2D eigenvalue weighted by Gasteiger charge is 2.15. The number of benzene rings is 2. The summed E-state index contributed by atoms with van der Waals surface area (Å²) in [5.74, 6) is -0.296. The second-order valence-electron chi connectivity index (χ2n) is 5.63. The van der Waals surface area contributed by atoms with Crippen LogP contribution >= 0.6 is 22.9 Å². The first-order valence-electron chi connectivity index (χ1n) is 7.74. The molecule has 0 saturated heterocycles. The molecule has 2 aromatic heterocycles. The van der Waals surface area contributed by atoms with Crippen molar-refractivity contribution in [2.75, 3.05) is 5.32 Å². The molecule has 1 N–H and O–H groups in total. The fourth-order valence-electron chi connectivity index (χ4n) is 2.60. The van der Waals surface area contributed by atoms with Crippen molar-refractivity contribution in [3.05, 3.63) is 70.1 Å². The molecule has 0 bridgehead atoms. The number of aromatic nitrogens is 1. The van der Waals surface area contributed by atoms with Gasteiger partial charge in [-0.2, -0.15) is 0 Å². The van der Waals surface area contributed by atoms with Gasteiger partial charge in [0.15, 0.2) is 11.5 Å². The molecule has 2 heterocycles. The summed E-state index contributed by atoms with van der Waals surface area (Å²) in [7, 11) is 0. The Hall–Kier alpha value is -2.70. The number of aryl methyl sites for hydroxylation is 1. The molecule has 0 aliphatic heterocycles. The summed E-state index contributed by atoms with van der Waals surface area (Å²) in [5, 5.41) is 3.10. The zero-order chi connectivity index (χ0) is 18.3. The monoisotopic (exact) mass is 386 g/mol. The number of oxazole rings is 1. The van der Waals surface area contributed by atoms with Gasteiger partial charge in [0.05, 0.1) is 15.6 Å². The van der Waals surface area contributed by atoms with Crippen molar-refractivity contribution < 1.29 is 13.6 Å². The van der Waals surface area contributed by atoms with Crippen LogP contribution in [0.2, 0.25) is 5.02 Å². The molecule has 0 fully saturated rings. The predicted octanol–water partition coefficient (Wildman–Crippen LogP) is 5.91. The minimum absolute atomic E-state index is 0.143. The molecule has 0 unspecified atom stereocenters. The molecule has 0 radical (unpaired) electrons. The van der Waals surface area contributed by atoms with Crippen molar-refractivity contribution in [3.63, 3.8) is 0 Å². The molecule has 0 spiro atoms. The average molecular weight is 387 g/mol. The van der Waals surface area contributed by atoms with E-state index in [0.29, 0.717) is 26.9 Å². The summed E-state index contributed by atoms with van der Waals surface area (Å²) < 4.78 is 19.2. The fourth-order valence-corrected chi connectivity index (χ4v) is 3.85. The smallest absolute Gasteiger partial charge is 0.265 e. The Labute approximate surface area is 157 Å². The lowest BCUT2D eigenvalue weighted by Gasteiger charge is -2.04. The maximum absolute atomic E-state index is 13.7. The average Bonchev–Trinajstić information content (AvgIpc) is 3.22. The van der Waals surface area contributed by atoms with E-state index in [4.69, 9.17) is 16.0 Å². The Bertz CT molecular complexity index is 1140. The van der Waals surface area contributed by atoms with Crippen LogP contribution in [0.5, 0.6) is 0 Å². The molecule has 26 heavy (non-hydrogen) atoms. The number of halogens is 2. The zero-order valence-corrected chi connectivity index (χ0v) is 15.1. The zero-order valence-electron chi connectivity index (χ0n) is 13.5. The third-order valence-corrected chi connectivity index (χ3v) is 5.23. The lowest BCUT2D eigenvalue weighted by molar-refractivity contribution is 0.103. The Morgan fingerprint density at radius 2 is 2.04 bits per heavy atom. The van der Waals surface area contributed by atoms with Crippen LogP contribution in [0, 0.1) is 12.7 Å². The van der Waals surface area contributed by atoms with E-state index >= 15 is 0 Å². The summed E-state index contributed by atoms with van der Waals surface area (Å²) in [5.41, 5.74) is 2.22. The summed E-state index contributed by atoms with van der Waals surface area (Å²) in [4.78, 5) is 17.9. The van der Waals surface area contributed by atoms with Crippen molar-refractivity contribution in [2.45, 2.75) is 6.92 Å². The number of anilines is 1. The van der Waals surface area contributed by atoms with Gasteiger partial charge in [0.25, 0.3) is 5.91 Å². The number of amides is 1. The first-order chi connectivity index (χ1) is 12.5. The number of para-hydroxylation sites is 1. The molecular formula is C19H12ClFN2O2S. The van der Waals surface area contributed by atoms with Crippen molar-refractivity contribution in [3.8, 4) is 10.4 Å².